The molecule has 0 fully saturated rings. The van der Waals surface area contributed by atoms with Crippen LogP contribution in [0.4, 0.5) is 0 Å². The molecule has 2 bridgehead atoms. The van der Waals surface area contributed by atoms with E-state index in [0.717, 1.165) is 43.9 Å². The lowest BCUT2D eigenvalue weighted by molar-refractivity contribution is -0.131. The average Bonchev–Trinajstić information content (AvgIpc) is 2.66. The molecule has 1 aliphatic rings. The molecule has 0 amide bonds. The van der Waals surface area contributed by atoms with Crippen LogP contribution in [0.25, 0.3) is 0 Å². The van der Waals surface area contributed by atoms with E-state index in [1.807, 2.05) is 6.92 Å². The van der Waals surface area contributed by atoms with Crippen molar-refractivity contribution in [3.8, 4) is 23.0 Å². The number of nitrogens with one attached hydrogen (secondary N) is 1. The van der Waals surface area contributed by atoms with E-state index in [1.54, 1.807) is 0 Å². The van der Waals surface area contributed by atoms with Crippen molar-refractivity contribution < 1.29 is 34.4 Å². The van der Waals surface area contributed by atoms with Crippen LogP contribution in [0.1, 0.15) is 51.2 Å². The van der Waals surface area contributed by atoms with Gasteiger partial charge in [0, 0.05) is 30.3 Å². The summed E-state index contributed by atoms with van der Waals surface area (Å²) in [7, 11) is 0. The maximum absolute atomic E-state index is 11.8. The SMILES string of the molecule is CCCCC[C@H](C)NC[C@@H](O)c1cc(O)c2c(O)c1OC(=O)/C=C/C(=O)O2. The fourth-order valence-corrected chi connectivity index (χ4v) is 2.73. The topological polar surface area (TPSA) is 125 Å². The number of carbonyl (C=O) groups excluding carboxylic acids is 2. The molecule has 8 heteroatoms. The van der Waals surface area contributed by atoms with E-state index in [2.05, 4.69) is 12.2 Å². The first-order chi connectivity index (χ1) is 12.8. The molecule has 1 aliphatic heterocycles. The summed E-state index contributed by atoms with van der Waals surface area (Å²) in [6.45, 7) is 4.23. The van der Waals surface area contributed by atoms with E-state index >= 15 is 0 Å². The number of fused-ring (bicyclic) bond motifs is 2. The molecule has 2 atom stereocenters. The Labute approximate surface area is 157 Å². The van der Waals surface area contributed by atoms with Gasteiger partial charge in [-0.2, -0.15) is 0 Å². The van der Waals surface area contributed by atoms with Crippen LogP contribution in [0.3, 0.4) is 0 Å². The molecule has 0 radical (unpaired) electrons. The monoisotopic (exact) mass is 379 g/mol. The van der Waals surface area contributed by atoms with Crippen LogP contribution >= 0.6 is 0 Å². The molecule has 0 saturated carbocycles. The number of aromatic hydroxyl groups is 2. The quantitative estimate of drug-likeness (QED) is 0.307. The van der Waals surface area contributed by atoms with E-state index in [4.69, 9.17) is 9.47 Å². The summed E-state index contributed by atoms with van der Waals surface area (Å²) in [5.74, 6) is -4.06. The number of ether oxygens (including phenoxy) is 2. The normalized spacial score (nSPS) is 17.1. The summed E-state index contributed by atoms with van der Waals surface area (Å²) >= 11 is 0. The third-order valence-corrected chi connectivity index (χ3v) is 4.24. The van der Waals surface area contributed by atoms with Gasteiger partial charge in [-0.15, -0.1) is 0 Å². The van der Waals surface area contributed by atoms with Crippen molar-refractivity contribution in [2.24, 2.45) is 0 Å². The molecule has 0 saturated heterocycles. The van der Waals surface area contributed by atoms with Crippen LogP contribution in [-0.2, 0) is 9.59 Å². The van der Waals surface area contributed by atoms with Crippen molar-refractivity contribution in [3.63, 3.8) is 0 Å². The number of phenols is 2. The molecule has 2 rings (SSSR count). The van der Waals surface area contributed by atoms with E-state index in [0.29, 0.717) is 0 Å². The van der Waals surface area contributed by atoms with E-state index < -0.39 is 35.3 Å². The number of benzene rings is 1. The summed E-state index contributed by atoms with van der Waals surface area (Å²) in [6.07, 6.45) is 4.73. The summed E-state index contributed by atoms with van der Waals surface area (Å²) in [5.41, 5.74) is 0.00158. The maximum atomic E-state index is 11.8. The molecule has 148 valence electrons. The second-order valence-electron chi connectivity index (χ2n) is 6.49. The number of unbranched alkanes of at least 4 members (excludes halogenated alkanes) is 2. The molecule has 1 aromatic rings. The second kappa shape index (κ2) is 9.38. The summed E-state index contributed by atoms with van der Waals surface area (Å²) < 4.78 is 9.86. The molecule has 27 heavy (non-hydrogen) atoms. The van der Waals surface area contributed by atoms with Crippen LogP contribution in [0.5, 0.6) is 23.0 Å². The molecule has 0 spiro atoms. The summed E-state index contributed by atoms with van der Waals surface area (Å²) in [4.78, 5) is 23.3. The predicted molar refractivity (Wildman–Crippen MR) is 96.7 cm³/mol. The molecule has 1 heterocycles. The van der Waals surface area contributed by atoms with Crippen molar-refractivity contribution in [1.29, 1.82) is 0 Å². The average molecular weight is 379 g/mol. The van der Waals surface area contributed by atoms with Gasteiger partial charge in [-0.3, -0.25) is 0 Å². The highest BCUT2D eigenvalue weighted by molar-refractivity contribution is 5.95. The van der Waals surface area contributed by atoms with Crippen LogP contribution < -0.4 is 14.8 Å². The molecule has 0 aromatic heterocycles. The number of hydrogen-bond donors (Lipinski definition) is 4. The van der Waals surface area contributed by atoms with Crippen LogP contribution in [0, 0.1) is 0 Å². The Bertz CT molecular complexity index is 729. The Morgan fingerprint density at radius 2 is 1.70 bits per heavy atom. The zero-order valence-electron chi connectivity index (χ0n) is 15.4. The first kappa shape index (κ1) is 20.7. The molecule has 8 nitrogen and oxygen atoms in total. The van der Waals surface area contributed by atoms with Crippen LogP contribution in [0.2, 0.25) is 0 Å². The zero-order chi connectivity index (χ0) is 20.0. The van der Waals surface area contributed by atoms with Crippen molar-refractivity contribution in [2.75, 3.05) is 6.54 Å². The third-order valence-electron chi connectivity index (χ3n) is 4.24. The first-order valence-corrected chi connectivity index (χ1v) is 8.95. The predicted octanol–water partition coefficient (Wildman–Crippen LogP) is 2.07. The minimum absolute atomic E-state index is 0.00158. The molecular formula is C19H25NO7. The molecule has 4 N–H and O–H groups in total. The van der Waals surface area contributed by atoms with Gasteiger partial charge in [0.2, 0.25) is 11.5 Å². The van der Waals surface area contributed by atoms with Crippen LogP contribution in [-0.4, -0.2) is 39.8 Å². The van der Waals surface area contributed by atoms with Crippen molar-refractivity contribution in [1.82, 2.24) is 5.32 Å². The van der Waals surface area contributed by atoms with E-state index in [1.165, 1.54) is 0 Å². The van der Waals surface area contributed by atoms with Gasteiger partial charge in [0.25, 0.3) is 0 Å². The smallest absolute Gasteiger partial charge is 0.336 e. The number of aliphatic hydroxyl groups excluding tert-OH is 1. The first-order valence-electron chi connectivity index (χ1n) is 8.95. The van der Waals surface area contributed by atoms with Gasteiger partial charge < -0.3 is 30.1 Å². The minimum atomic E-state index is -1.17. The lowest BCUT2D eigenvalue weighted by Gasteiger charge is -2.20. The molecule has 0 aliphatic carbocycles. The van der Waals surface area contributed by atoms with Crippen molar-refractivity contribution in [3.05, 3.63) is 23.8 Å². The van der Waals surface area contributed by atoms with Gasteiger partial charge in [0.15, 0.2) is 11.5 Å². The zero-order valence-corrected chi connectivity index (χ0v) is 15.4. The highest BCUT2D eigenvalue weighted by atomic mass is 16.6. The number of hydrogen-bond acceptors (Lipinski definition) is 8. The number of rotatable bonds is 8. The van der Waals surface area contributed by atoms with Gasteiger partial charge in [-0.25, -0.2) is 9.59 Å². The van der Waals surface area contributed by atoms with Crippen molar-refractivity contribution in [2.45, 2.75) is 51.7 Å². The summed E-state index contributed by atoms with van der Waals surface area (Å²) in [5, 5.41) is 34.0. The van der Waals surface area contributed by atoms with Gasteiger partial charge in [0.1, 0.15) is 0 Å². The Balaban J connectivity index is 2.21. The van der Waals surface area contributed by atoms with E-state index in [-0.39, 0.29) is 23.9 Å². The second-order valence-corrected chi connectivity index (χ2v) is 6.49. The minimum Gasteiger partial charge on any atom is -0.504 e. The Morgan fingerprint density at radius 3 is 2.33 bits per heavy atom. The lowest BCUT2D eigenvalue weighted by Crippen LogP contribution is -2.30. The highest BCUT2D eigenvalue weighted by Gasteiger charge is 2.28. The Morgan fingerprint density at radius 1 is 1.07 bits per heavy atom. The number of esters is 2. The Hall–Kier alpha value is -2.58. The number of phenolic OH excluding ortho intramolecular Hbond substituents is 2. The molecule has 1 aromatic carbocycles. The van der Waals surface area contributed by atoms with Gasteiger partial charge in [-0.05, 0) is 19.4 Å². The van der Waals surface area contributed by atoms with E-state index in [9.17, 15) is 24.9 Å². The summed E-state index contributed by atoms with van der Waals surface area (Å²) in [6, 6.07) is 1.26. The fourth-order valence-electron chi connectivity index (χ4n) is 2.73. The highest BCUT2D eigenvalue weighted by Crippen LogP contribution is 2.47. The number of carbonyl (C=O) groups is 2. The Kier molecular flexibility index (Phi) is 7.20. The van der Waals surface area contributed by atoms with Gasteiger partial charge in [0.05, 0.1) is 6.10 Å². The van der Waals surface area contributed by atoms with Gasteiger partial charge >= 0.3 is 11.9 Å². The standard InChI is InChI=1S/C19H25NO7/c1-3-4-5-6-11(2)20-10-14(22)12-9-13(21)19-17(25)18(12)26-15(23)7-8-16(24)27-19/h7-9,11,14,20-22,25H,3-6,10H2,1-2H3/b8-7+/t11-,14+/m0/s1. The van der Waals surface area contributed by atoms with Gasteiger partial charge in [-0.1, -0.05) is 26.2 Å². The largest absolute Gasteiger partial charge is 0.504 e. The number of aliphatic hydroxyl groups is 1. The maximum Gasteiger partial charge on any atom is 0.336 e. The molecule has 0 unspecified atom stereocenters. The van der Waals surface area contributed by atoms with Crippen LogP contribution in [0.15, 0.2) is 18.2 Å². The lowest BCUT2D eigenvalue weighted by atomic mass is 10.0. The van der Waals surface area contributed by atoms with Crippen molar-refractivity contribution >= 4 is 11.9 Å². The third kappa shape index (κ3) is 5.45. The fraction of sp³-hybridized carbons (Fsp3) is 0.474. The molecular weight excluding hydrogens is 354 g/mol.